The number of benzene rings is 2. The zero-order chi connectivity index (χ0) is 90.4. The molecule has 2 aromatic rings. The van der Waals surface area contributed by atoms with Gasteiger partial charge in [0.2, 0.25) is 76.8 Å². The number of carbonyl (C=O) groups is 16. The summed E-state index contributed by atoms with van der Waals surface area (Å²) in [6, 6.07) is -9.24. The SMILES string of the molecule is CCSSCC.CCSSCC.CCSSCC.C[C@H](NC(=O)[C@@H]1CCCN1C(=O)C(CC(=O)O)NC(=O)[C@H](CS)NC(=O)C(CS)NC(=O)[C@H](Cc1ccc(O)cc1)NC(=O)C(CCC(=O)O)NC(=O)[C@H](CS)NC(=O)[C@@H](N)CS)C(=O)N[C@@H](CS)C(=O)N[C@H](C(=O)NCC(=O)N[C@@H](CS)C(=O)N[C@@H](Cc1ccc(O)cc1)C(=O)O)[C@@H](C)O. The number of aliphatic hydroxyl groups excluding tert-OH is 1. The highest BCUT2D eigenvalue weighted by atomic mass is 33.1. The average molecular weight is 1900 g/mol. The zero-order valence-corrected chi connectivity index (χ0v) is 77.2. The van der Waals surface area contributed by atoms with Gasteiger partial charge < -0.3 is 105 Å². The minimum absolute atomic E-state index is 0.0362. The van der Waals surface area contributed by atoms with Crippen molar-refractivity contribution in [1.82, 2.24) is 68.7 Å². The van der Waals surface area contributed by atoms with Crippen molar-refractivity contribution in [2.24, 2.45) is 5.73 Å². The molecule has 672 valence electrons. The summed E-state index contributed by atoms with van der Waals surface area (Å²) >= 11 is 24.5. The molecule has 0 spiro atoms. The summed E-state index contributed by atoms with van der Waals surface area (Å²) in [5.74, 6) is -12.8. The Hall–Kier alpha value is -6.32. The van der Waals surface area contributed by atoms with E-state index in [1.165, 1.54) is 90.0 Å². The van der Waals surface area contributed by atoms with E-state index in [0.29, 0.717) is 11.1 Å². The first kappa shape index (κ1) is 113. The van der Waals surface area contributed by atoms with Crippen LogP contribution in [0.5, 0.6) is 11.5 Å². The number of aromatic hydroxyl groups is 2. The molecule has 0 aliphatic carbocycles. The lowest BCUT2D eigenvalue weighted by Crippen LogP contribution is -2.61. The first-order valence-corrected chi connectivity index (χ1v) is 48.6. The van der Waals surface area contributed by atoms with Crippen LogP contribution in [0.1, 0.15) is 98.6 Å². The highest BCUT2D eigenvalue weighted by Gasteiger charge is 2.41. The molecule has 0 aromatic heterocycles. The lowest BCUT2D eigenvalue weighted by Gasteiger charge is -2.30. The van der Waals surface area contributed by atoms with Crippen LogP contribution in [0.3, 0.4) is 0 Å². The van der Waals surface area contributed by atoms with Crippen molar-refractivity contribution in [2.75, 3.05) is 82.1 Å². The molecule has 2 aromatic carbocycles. The number of hydrogen-bond donors (Lipinski definition) is 25. The lowest BCUT2D eigenvalue weighted by atomic mass is 10.0. The molecular formula is C71H114N14O22S12. The Bertz CT molecular complexity index is 3510. The van der Waals surface area contributed by atoms with E-state index in [0.717, 1.165) is 11.8 Å². The number of phenolic OH excluding ortho intramolecular Hbond substituents is 2. The topological polar surface area (TPSA) is 568 Å². The van der Waals surface area contributed by atoms with Crippen molar-refractivity contribution in [3.63, 3.8) is 0 Å². The summed E-state index contributed by atoms with van der Waals surface area (Å²) < 4.78 is 0. The number of carboxylic acid groups (broad SMARTS) is 3. The van der Waals surface area contributed by atoms with E-state index in [-0.39, 0.29) is 61.0 Å². The second-order valence-electron chi connectivity index (χ2n) is 25.2. The van der Waals surface area contributed by atoms with Gasteiger partial charge in [-0.15, -0.1) is 0 Å². The Balaban J connectivity index is 0.00000691. The quantitative estimate of drug-likeness (QED) is 0.0240. The van der Waals surface area contributed by atoms with Crippen LogP contribution in [-0.2, 0) is 89.6 Å². The third kappa shape index (κ3) is 46.1. The van der Waals surface area contributed by atoms with Gasteiger partial charge in [0.1, 0.15) is 84.0 Å². The van der Waals surface area contributed by atoms with Crippen LogP contribution >= 0.6 is 141 Å². The number of carbonyl (C=O) groups excluding carboxylic acids is 13. The normalized spacial score (nSPS) is 15.3. The number of amides is 13. The van der Waals surface area contributed by atoms with E-state index < -0.39 is 222 Å². The number of nitrogens with one attached hydrogen (secondary N) is 12. The molecule has 0 bridgehead atoms. The molecular weight excluding hydrogens is 1790 g/mol. The van der Waals surface area contributed by atoms with Crippen LogP contribution in [-0.4, -0.2) is 297 Å². The van der Waals surface area contributed by atoms with Gasteiger partial charge in [-0.05, 0) is 68.5 Å². The van der Waals surface area contributed by atoms with Gasteiger partial charge >= 0.3 is 17.9 Å². The number of rotatable bonds is 51. The zero-order valence-electron chi connectivity index (χ0n) is 66.9. The molecule has 36 nitrogen and oxygen atoms in total. The van der Waals surface area contributed by atoms with E-state index in [1.807, 2.05) is 64.8 Å². The highest BCUT2D eigenvalue weighted by molar-refractivity contribution is 8.77. The van der Waals surface area contributed by atoms with Gasteiger partial charge in [-0.3, -0.25) is 71.9 Å². The molecule has 1 aliphatic heterocycles. The Morgan fingerprint density at radius 2 is 0.790 bits per heavy atom. The maximum atomic E-state index is 14.2. The van der Waals surface area contributed by atoms with Crippen LogP contribution in [0.2, 0.25) is 0 Å². The lowest BCUT2D eigenvalue weighted by molar-refractivity contribution is -0.146. The van der Waals surface area contributed by atoms with Gasteiger partial charge in [0.05, 0.1) is 25.1 Å². The minimum atomic E-state index is -1.91. The summed E-state index contributed by atoms with van der Waals surface area (Å²) in [6.07, 6.45) is -4.33. The van der Waals surface area contributed by atoms with Crippen molar-refractivity contribution in [3.05, 3.63) is 59.7 Å². The average Bonchev–Trinajstić information content (AvgIpc) is 1.71. The standard InChI is InChI=1S/C59H84N14O22S6.3C4H10S2/c1-26(47(82)68-41(25-101)55(90)72-46(27(2)74)57(92)61-19-43(77)63-37(21-97)51(86)67-36(59(94)95)17-29-7-11-31(76)12-8-29)62-56(91)42-4-3-15-73(42)58(93)35(18-45(80)81)66-53(88)39(23-99)71-54(89)40(24-100)70-50(85)34(16-28-5-9-30(75)10-6-28)65-49(84)33(13-14-44(78)79)64-52(87)38(22-98)69-48(83)32(60)20-96;3*1-3-5-6-4-2/h5-12,26-27,32-42,46,74-76,96-101H,3-4,13-25,60H2,1-2H3,(H,61,92)(H,62,91)(H,63,77)(H,64,87)(H,65,84)(H,66,88)(H,67,86)(H,68,82)(H,69,83)(H,70,85)(H,71,89)(H,72,90)(H,78,79)(H,80,81)(H,94,95);3*3-4H2,1-2H3/t26-,27+,32-,33?,34-,35?,36-,37-,38-,39-,40?,41-,42-,46-;;;/m0.../s1. The van der Waals surface area contributed by atoms with E-state index in [4.69, 9.17) is 5.73 Å². The Kier molecular flexibility index (Phi) is 61.0. The van der Waals surface area contributed by atoms with Gasteiger partial charge in [-0.1, -0.05) is 131 Å². The number of aliphatic hydroxyl groups is 1. The van der Waals surface area contributed by atoms with E-state index in [1.54, 1.807) is 0 Å². The molecule has 14 atom stereocenters. The van der Waals surface area contributed by atoms with Crippen molar-refractivity contribution in [2.45, 2.75) is 185 Å². The predicted octanol–water partition coefficient (Wildman–Crippen LogP) is 0.277. The van der Waals surface area contributed by atoms with Crippen molar-refractivity contribution >= 4 is 235 Å². The van der Waals surface area contributed by atoms with Crippen molar-refractivity contribution < 1.29 is 107 Å². The maximum absolute atomic E-state index is 14.2. The summed E-state index contributed by atoms with van der Waals surface area (Å²) in [6.45, 7) is 14.4. The third-order valence-electron chi connectivity index (χ3n) is 15.9. The summed E-state index contributed by atoms with van der Waals surface area (Å²) in [7, 11) is 11.5. The van der Waals surface area contributed by atoms with Crippen LogP contribution in [0.4, 0.5) is 0 Å². The van der Waals surface area contributed by atoms with Gasteiger partial charge in [0, 0.05) is 94.8 Å². The van der Waals surface area contributed by atoms with E-state index in [2.05, 4.69) is 181 Å². The Labute approximate surface area is 749 Å². The molecule has 13 amide bonds. The number of thiol groups is 6. The third-order valence-corrected chi connectivity index (χ3v) is 25.8. The molecule has 0 saturated carbocycles. The molecule has 48 heteroatoms. The van der Waals surface area contributed by atoms with Gasteiger partial charge in [-0.2, -0.15) is 75.8 Å². The van der Waals surface area contributed by atoms with Crippen molar-refractivity contribution in [1.29, 1.82) is 0 Å². The predicted molar refractivity (Wildman–Crippen MR) is 487 cm³/mol. The molecule has 1 aliphatic rings. The molecule has 3 unspecified atom stereocenters. The number of carboxylic acids is 3. The fourth-order valence-corrected chi connectivity index (χ4v) is 15.3. The largest absolute Gasteiger partial charge is 0.508 e. The van der Waals surface area contributed by atoms with Crippen LogP contribution in [0, 0.1) is 0 Å². The molecule has 119 heavy (non-hydrogen) atoms. The summed E-state index contributed by atoms with van der Waals surface area (Å²) in [5.41, 5.74) is 6.48. The fraction of sp³-hybridized carbons (Fsp3) is 0.606. The second-order valence-corrected chi connectivity index (χ2v) is 36.5. The van der Waals surface area contributed by atoms with Gasteiger partial charge in [-0.25, -0.2) is 4.79 Å². The van der Waals surface area contributed by atoms with Crippen LogP contribution < -0.4 is 69.5 Å². The number of hydrogen-bond acceptors (Lipinski definition) is 32. The van der Waals surface area contributed by atoms with Gasteiger partial charge in [0.15, 0.2) is 0 Å². The van der Waals surface area contributed by atoms with E-state index >= 15 is 0 Å². The highest BCUT2D eigenvalue weighted by Crippen LogP contribution is 2.23. The summed E-state index contributed by atoms with van der Waals surface area (Å²) in [5, 5.41) is 86.8. The second kappa shape index (κ2) is 64.5. The Morgan fingerprint density at radius 3 is 1.18 bits per heavy atom. The Morgan fingerprint density at radius 1 is 0.437 bits per heavy atom. The number of phenols is 2. The molecule has 1 heterocycles. The first-order chi connectivity index (χ1) is 56.3. The molecule has 20 N–H and O–H groups in total. The molecule has 1 fully saturated rings. The molecule has 0 radical (unpaired) electrons. The summed E-state index contributed by atoms with van der Waals surface area (Å²) in [4.78, 5) is 212. The molecule has 3 rings (SSSR count). The number of likely N-dealkylation sites (tertiary alicyclic amines) is 1. The maximum Gasteiger partial charge on any atom is 0.326 e. The van der Waals surface area contributed by atoms with Crippen LogP contribution in [0.15, 0.2) is 48.5 Å². The minimum Gasteiger partial charge on any atom is -0.508 e. The monoisotopic (exact) mass is 1900 g/mol. The number of nitrogens with zero attached hydrogens (tertiary/aromatic N) is 1. The van der Waals surface area contributed by atoms with Crippen molar-refractivity contribution in [3.8, 4) is 11.5 Å². The fourth-order valence-electron chi connectivity index (χ4n) is 9.88. The number of nitrogens with two attached hydrogens (primary N) is 1. The smallest absolute Gasteiger partial charge is 0.326 e. The van der Waals surface area contributed by atoms with Crippen LogP contribution in [0.25, 0.3) is 0 Å². The first-order valence-electron chi connectivity index (χ1n) is 37.3. The molecule has 1 saturated heterocycles. The van der Waals surface area contributed by atoms with E-state index in [9.17, 15) is 107 Å². The van der Waals surface area contributed by atoms with Gasteiger partial charge in [0.25, 0.3) is 0 Å². The number of aliphatic carboxylic acids is 3.